The maximum absolute atomic E-state index is 13.2. The van der Waals surface area contributed by atoms with Gasteiger partial charge >= 0.3 is 0 Å². The molecule has 3 aromatic carbocycles. The number of carbonyl (C=O) groups excluding carboxylic acids is 2. The molecule has 0 radical (unpaired) electrons. The van der Waals surface area contributed by atoms with E-state index >= 15 is 0 Å². The molecule has 5 rings (SSSR count). The fraction of sp³-hybridized carbons (Fsp3) is 0.107. The lowest BCUT2D eigenvalue weighted by Crippen LogP contribution is -2.27. The number of benzene rings is 3. The molecule has 1 fully saturated rings. The lowest BCUT2D eigenvalue weighted by molar-refractivity contribution is -0.123. The highest BCUT2D eigenvalue weighted by Gasteiger charge is 2.35. The summed E-state index contributed by atoms with van der Waals surface area (Å²) in [6, 6.07) is 24.9. The molecular formula is C28H20ClN3O2S. The molecule has 35 heavy (non-hydrogen) atoms. The number of nitrogens with zero attached hydrogens (tertiary/aromatic N) is 3. The number of thioether (sulfide) groups is 1. The molecule has 172 valence electrons. The van der Waals surface area contributed by atoms with Gasteiger partial charge in [0.05, 0.1) is 23.1 Å². The number of imide groups is 1. The van der Waals surface area contributed by atoms with Crippen LogP contribution in [-0.4, -0.2) is 20.6 Å². The second-order valence-electron chi connectivity index (χ2n) is 8.23. The van der Waals surface area contributed by atoms with E-state index < -0.39 is 0 Å². The molecule has 1 aliphatic heterocycles. The molecule has 2 heterocycles. The Morgan fingerprint density at radius 3 is 2.40 bits per heavy atom. The highest BCUT2D eigenvalue weighted by Crippen LogP contribution is 2.37. The lowest BCUT2D eigenvalue weighted by Gasteiger charge is -2.13. The molecule has 7 heteroatoms. The minimum Gasteiger partial charge on any atom is -0.340 e. The molecular weight excluding hydrogens is 478 g/mol. The summed E-state index contributed by atoms with van der Waals surface area (Å²) in [6.07, 6.45) is 1.81. The quantitative estimate of drug-likeness (QED) is 0.286. The first-order chi connectivity index (χ1) is 17.0. The molecule has 1 aliphatic rings. The average molecular weight is 498 g/mol. The van der Waals surface area contributed by atoms with E-state index in [9.17, 15) is 14.9 Å². The number of hydrogen-bond acceptors (Lipinski definition) is 4. The molecule has 0 unspecified atom stereocenters. The van der Waals surface area contributed by atoms with Gasteiger partial charge in [0.1, 0.15) is 0 Å². The Balaban J connectivity index is 1.52. The standard InChI is InChI=1S/C28H20ClN3O2S/c1-18-23(22-11-5-7-13-25(22)31(18)17-21-10-4-6-12-24(21)29)14-26-27(33)32(28(34)35-26)16-20-9-3-2-8-19(20)15-30/h2-14H,16-17H2,1H3/b26-14+. The van der Waals surface area contributed by atoms with Crippen LogP contribution < -0.4 is 0 Å². The molecule has 0 aliphatic carbocycles. The zero-order valence-corrected chi connectivity index (χ0v) is 20.4. The van der Waals surface area contributed by atoms with Crippen LogP contribution >= 0.6 is 23.4 Å². The number of hydrogen-bond donors (Lipinski definition) is 0. The Labute approximate surface area is 212 Å². The van der Waals surface area contributed by atoms with E-state index in [0.29, 0.717) is 27.6 Å². The van der Waals surface area contributed by atoms with Gasteiger partial charge in [-0.1, -0.05) is 66.2 Å². The van der Waals surface area contributed by atoms with Crippen molar-refractivity contribution in [1.29, 1.82) is 5.26 Å². The van der Waals surface area contributed by atoms with Crippen molar-refractivity contribution in [1.82, 2.24) is 9.47 Å². The molecule has 0 atom stereocenters. The van der Waals surface area contributed by atoms with Gasteiger partial charge in [-0.3, -0.25) is 14.5 Å². The summed E-state index contributed by atoms with van der Waals surface area (Å²) in [7, 11) is 0. The van der Waals surface area contributed by atoms with Crippen LogP contribution in [0.4, 0.5) is 4.79 Å². The number of carbonyl (C=O) groups is 2. The molecule has 0 bridgehead atoms. The number of para-hydroxylation sites is 1. The van der Waals surface area contributed by atoms with Crippen LogP contribution in [0.15, 0.2) is 77.7 Å². The van der Waals surface area contributed by atoms with E-state index in [2.05, 4.69) is 10.6 Å². The summed E-state index contributed by atoms with van der Waals surface area (Å²) in [5.41, 5.74) is 5.00. The van der Waals surface area contributed by atoms with Gasteiger partial charge in [0.25, 0.3) is 11.1 Å². The maximum Gasteiger partial charge on any atom is 0.293 e. The van der Waals surface area contributed by atoms with Crippen LogP contribution in [0.3, 0.4) is 0 Å². The summed E-state index contributed by atoms with van der Waals surface area (Å²) in [5, 5.41) is 10.7. The fourth-order valence-electron chi connectivity index (χ4n) is 4.35. The summed E-state index contributed by atoms with van der Waals surface area (Å²) < 4.78 is 2.18. The molecule has 2 amide bonds. The average Bonchev–Trinajstić information content (AvgIpc) is 3.29. The van der Waals surface area contributed by atoms with Crippen LogP contribution in [0.1, 0.15) is 27.9 Å². The van der Waals surface area contributed by atoms with Crippen molar-refractivity contribution in [3.8, 4) is 6.07 Å². The van der Waals surface area contributed by atoms with E-state index in [1.54, 1.807) is 24.3 Å². The van der Waals surface area contributed by atoms with Gasteiger partial charge in [-0.05, 0) is 54.1 Å². The highest BCUT2D eigenvalue weighted by atomic mass is 35.5. The minimum atomic E-state index is -0.352. The van der Waals surface area contributed by atoms with E-state index in [0.717, 1.165) is 39.5 Å². The lowest BCUT2D eigenvalue weighted by atomic mass is 10.1. The van der Waals surface area contributed by atoms with Gasteiger partial charge in [-0.15, -0.1) is 0 Å². The molecule has 0 spiro atoms. The first-order valence-electron chi connectivity index (χ1n) is 11.0. The molecule has 4 aromatic rings. The number of aromatic nitrogens is 1. The van der Waals surface area contributed by atoms with Gasteiger partial charge in [-0.2, -0.15) is 5.26 Å². The zero-order valence-electron chi connectivity index (χ0n) is 18.9. The predicted octanol–water partition coefficient (Wildman–Crippen LogP) is 6.76. The van der Waals surface area contributed by atoms with Crippen molar-refractivity contribution in [2.24, 2.45) is 0 Å². The van der Waals surface area contributed by atoms with Crippen molar-refractivity contribution < 1.29 is 9.59 Å². The second kappa shape index (κ2) is 9.46. The van der Waals surface area contributed by atoms with E-state index in [-0.39, 0.29) is 17.7 Å². The molecule has 5 nitrogen and oxygen atoms in total. The van der Waals surface area contributed by atoms with Gasteiger partial charge in [0.15, 0.2) is 0 Å². The summed E-state index contributed by atoms with van der Waals surface area (Å²) in [4.78, 5) is 27.5. The molecule has 0 N–H and O–H groups in total. The number of amides is 2. The number of fused-ring (bicyclic) bond motifs is 1. The van der Waals surface area contributed by atoms with Crippen molar-refractivity contribution in [3.05, 3.63) is 111 Å². The third-order valence-electron chi connectivity index (χ3n) is 6.18. The maximum atomic E-state index is 13.2. The van der Waals surface area contributed by atoms with Gasteiger partial charge in [0.2, 0.25) is 0 Å². The van der Waals surface area contributed by atoms with Gasteiger partial charge in [-0.25, -0.2) is 0 Å². The molecule has 0 saturated carbocycles. The smallest absolute Gasteiger partial charge is 0.293 e. The first kappa shape index (κ1) is 23.0. The summed E-state index contributed by atoms with van der Waals surface area (Å²) >= 11 is 7.35. The van der Waals surface area contributed by atoms with Crippen LogP contribution in [0, 0.1) is 18.3 Å². The Kier molecular flexibility index (Phi) is 6.21. The van der Waals surface area contributed by atoms with Crippen molar-refractivity contribution in [3.63, 3.8) is 0 Å². The topological polar surface area (TPSA) is 66.1 Å². The normalized spacial score (nSPS) is 14.8. The Morgan fingerprint density at radius 2 is 1.63 bits per heavy atom. The summed E-state index contributed by atoms with van der Waals surface area (Å²) in [6.45, 7) is 2.67. The SMILES string of the molecule is Cc1c(/C=C2/SC(=O)N(Cc3ccccc3C#N)C2=O)c2ccccc2n1Cc1ccccc1Cl. The van der Waals surface area contributed by atoms with Crippen molar-refractivity contribution in [2.45, 2.75) is 20.0 Å². The Hall–Kier alpha value is -3.79. The predicted molar refractivity (Wildman–Crippen MR) is 140 cm³/mol. The summed E-state index contributed by atoms with van der Waals surface area (Å²) in [5.74, 6) is -0.352. The van der Waals surface area contributed by atoms with Crippen LogP contribution in [0.5, 0.6) is 0 Å². The fourth-order valence-corrected chi connectivity index (χ4v) is 5.36. The van der Waals surface area contributed by atoms with Gasteiger partial charge in [0, 0.05) is 33.7 Å². The first-order valence-corrected chi connectivity index (χ1v) is 12.2. The monoisotopic (exact) mass is 497 g/mol. The minimum absolute atomic E-state index is 0.0684. The Bertz CT molecular complexity index is 1560. The van der Waals surface area contributed by atoms with Crippen LogP contribution in [0.2, 0.25) is 5.02 Å². The third kappa shape index (κ3) is 4.25. The molecule has 1 aromatic heterocycles. The van der Waals surface area contributed by atoms with E-state index in [1.807, 2.05) is 61.5 Å². The van der Waals surface area contributed by atoms with Crippen molar-refractivity contribution in [2.75, 3.05) is 0 Å². The zero-order chi connectivity index (χ0) is 24.5. The third-order valence-corrected chi connectivity index (χ3v) is 7.46. The number of nitriles is 1. The van der Waals surface area contributed by atoms with Gasteiger partial charge < -0.3 is 4.57 Å². The van der Waals surface area contributed by atoms with E-state index in [1.165, 1.54) is 4.90 Å². The molecule has 1 saturated heterocycles. The Morgan fingerprint density at radius 1 is 0.943 bits per heavy atom. The van der Waals surface area contributed by atoms with E-state index in [4.69, 9.17) is 11.6 Å². The van der Waals surface area contributed by atoms with Crippen LogP contribution in [-0.2, 0) is 17.9 Å². The number of halogens is 1. The van der Waals surface area contributed by atoms with Crippen molar-refractivity contribution >= 4 is 51.5 Å². The van der Waals surface area contributed by atoms with Crippen LogP contribution in [0.25, 0.3) is 17.0 Å². The highest BCUT2D eigenvalue weighted by molar-refractivity contribution is 8.18. The number of rotatable bonds is 5. The second-order valence-corrected chi connectivity index (χ2v) is 9.63. The largest absolute Gasteiger partial charge is 0.340 e.